The molecule has 6 rings (SSSR count). The van der Waals surface area contributed by atoms with Gasteiger partial charge < -0.3 is 14.2 Å². The minimum Gasteiger partial charge on any atom is -0.454 e. The van der Waals surface area contributed by atoms with Gasteiger partial charge in [0.05, 0.1) is 27.2 Å². The second-order valence-electron chi connectivity index (χ2n) is 8.58. The van der Waals surface area contributed by atoms with Gasteiger partial charge in [0.15, 0.2) is 23.1 Å². The molecule has 2 heterocycles. The van der Waals surface area contributed by atoms with E-state index in [0.29, 0.717) is 53.3 Å². The number of carbonyl (C=O) groups excluding carboxylic acids is 1. The minimum absolute atomic E-state index is 0.0910. The minimum atomic E-state index is -0.609. The highest BCUT2D eigenvalue weighted by atomic mass is 79.9. The molecule has 0 N–H and O–H groups in total. The molecule has 0 aliphatic carbocycles. The largest absolute Gasteiger partial charge is 0.454 e. The third-order valence-electron chi connectivity index (χ3n) is 6.01. The van der Waals surface area contributed by atoms with Crippen LogP contribution in [0.4, 0.5) is 0 Å². The molecule has 198 valence electrons. The second kappa shape index (κ2) is 10.9. The van der Waals surface area contributed by atoms with Gasteiger partial charge in [-0.05, 0) is 82.7 Å². The lowest BCUT2D eigenvalue weighted by Gasteiger charge is -2.12. The Morgan fingerprint density at radius 2 is 1.77 bits per heavy atom. The van der Waals surface area contributed by atoms with E-state index in [1.54, 1.807) is 72.8 Å². The maximum absolute atomic E-state index is 13.5. The first kappa shape index (κ1) is 26.2. The summed E-state index contributed by atoms with van der Waals surface area (Å²) in [6, 6.07) is 22.2. The molecule has 1 aliphatic heterocycles. The van der Waals surface area contributed by atoms with Crippen molar-refractivity contribution in [2.45, 2.75) is 0 Å². The van der Waals surface area contributed by atoms with Crippen LogP contribution in [0.25, 0.3) is 22.3 Å². The van der Waals surface area contributed by atoms with Crippen LogP contribution in [0.2, 0.25) is 5.02 Å². The van der Waals surface area contributed by atoms with E-state index in [1.807, 2.05) is 6.07 Å². The molecule has 11 heteroatoms. The maximum Gasteiger partial charge on any atom is 0.343 e. The lowest BCUT2D eigenvalue weighted by Crippen LogP contribution is -2.20. The Kier molecular flexibility index (Phi) is 7.14. The zero-order valence-electron chi connectivity index (χ0n) is 20.3. The summed E-state index contributed by atoms with van der Waals surface area (Å²) in [4.78, 5) is 31.3. The van der Waals surface area contributed by atoms with Gasteiger partial charge in [-0.2, -0.15) is 9.78 Å². The van der Waals surface area contributed by atoms with Gasteiger partial charge in [-0.15, -0.1) is 0 Å². The Morgan fingerprint density at radius 1 is 1.00 bits per heavy atom. The van der Waals surface area contributed by atoms with Crippen molar-refractivity contribution >= 4 is 66.5 Å². The molecule has 0 saturated carbocycles. The van der Waals surface area contributed by atoms with Crippen LogP contribution in [0.5, 0.6) is 17.2 Å². The predicted molar refractivity (Wildman–Crippen MR) is 159 cm³/mol. The summed E-state index contributed by atoms with van der Waals surface area (Å²) in [6.07, 6.45) is 1.44. The SMILES string of the molecule is O=C(Oc1c(Br)cc(Br)cc1C=Nn1c(-c2ccc(Cl)cc2)nc2ccccc2c1=O)c1ccc2c(c1)OCO2. The number of hydrogen-bond donors (Lipinski definition) is 0. The number of aromatic nitrogens is 2. The highest BCUT2D eigenvalue weighted by molar-refractivity contribution is 9.11. The first-order valence-corrected chi connectivity index (χ1v) is 13.8. The number of carbonyl (C=O) groups is 1. The average molecular weight is 682 g/mol. The van der Waals surface area contributed by atoms with Crippen molar-refractivity contribution in [2.75, 3.05) is 6.79 Å². The Labute approximate surface area is 249 Å². The van der Waals surface area contributed by atoms with Crippen molar-refractivity contribution < 1.29 is 19.0 Å². The molecule has 0 fully saturated rings. The van der Waals surface area contributed by atoms with Crippen molar-refractivity contribution in [2.24, 2.45) is 5.10 Å². The normalized spacial score (nSPS) is 12.3. The average Bonchev–Trinajstić information content (AvgIpc) is 3.42. The molecule has 40 heavy (non-hydrogen) atoms. The molecule has 1 aliphatic rings. The number of hydrogen-bond acceptors (Lipinski definition) is 7. The van der Waals surface area contributed by atoms with Crippen LogP contribution in [0, 0.1) is 0 Å². The highest BCUT2D eigenvalue weighted by Crippen LogP contribution is 2.35. The van der Waals surface area contributed by atoms with Gasteiger partial charge in [-0.1, -0.05) is 39.7 Å². The fraction of sp³-hybridized carbons (Fsp3) is 0.0345. The molecule has 8 nitrogen and oxygen atoms in total. The summed E-state index contributed by atoms with van der Waals surface area (Å²) in [6.45, 7) is 0.0910. The number of esters is 1. The molecular formula is C29H16Br2ClN3O5. The summed E-state index contributed by atoms with van der Waals surface area (Å²) in [5.41, 5.74) is 1.53. The van der Waals surface area contributed by atoms with E-state index in [9.17, 15) is 9.59 Å². The van der Waals surface area contributed by atoms with Crippen LogP contribution < -0.4 is 19.8 Å². The van der Waals surface area contributed by atoms with Crippen molar-refractivity contribution in [3.8, 4) is 28.6 Å². The molecule has 5 aromatic rings. The lowest BCUT2D eigenvalue weighted by atomic mass is 10.2. The topological polar surface area (TPSA) is 92.0 Å². The third kappa shape index (κ3) is 5.13. The molecular weight excluding hydrogens is 666 g/mol. The summed E-state index contributed by atoms with van der Waals surface area (Å²) < 4.78 is 18.9. The van der Waals surface area contributed by atoms with E-state index in [0.717, 1.165) is 0 Å². The summed E-state index contributed by atoms with van der Waals surface area (Å²) in [5, 5.41) is 5.46. The highest BCUT2D eigenvalue weighted by Gasteiger charge is 2.20. The number of rotatable bonds is 5. The third-order valence-corrected chi connectivity index (χ3v) is 7.31. The Balaban J connectivity index is 1.43. The standard InChI is InChI=1S/C29H16Br2ClN3O5/c30-19-11-18(26(22(31)13-19)40-29(37)17-7-10-24-25(12-17)39-15-38-24)14-33-35-27(16-5-8-20(32)9-6-16)34-23-4-2-1-3-21(23)28(35)36/h1-14H,15H2. The number of para-hydroxylation sites is 1. The monoisotopic (exact) mass is 679 g/mol. The van der Waals surface area contributed by atoms with E-state index in [1.165, 1.54) is 10.9 Å². The summed E-state index contributed by atoms with van der Waals surface area (Å²) in [5.74, 6) is 0.945. The molecule has 0 amide bonds. The maximum atomic E-state index is 13.5. The van der Waals surface area contributed by atoms with E-state index < -0.39 is 5.97 Å². The molecule has 0 saturated heterocycles. The number of halogens is 3. The fourth-order valence-electron chi connectivity index (χ4n) is 4.10. The molecule has 0 bridgehead atoms. The van der Waals surface area contributed by atoms with Gasteiger partial charge in [0, 0.05) is 20.6 Å². The van der Waals surface area contributed by atoms with Crippen molar-refractivity contribution in [1.82, 2.24) is 9.66 Å². The van der Waals surface area contributed by atoms with Crippen molar-refractivity contribution in [1.29, 1.82) is 0 Å². The van der Waals surface area contributed by atoms with Gasteiger partial charge in [0.25, 0.3) is 5.56 Å². The quantitative estimate of drug-likeness (QED) is 0.112. The van der Waals surface area contributed by atoms with Gasteiger partial charge in [0.2, 0.25) is 6.79 Å². The zero-order chi connectivity index (χ0) is 27.8. The van der Waals surface area contributed by atoms with Crippen LogP contribution >= 0.6 is 43.5 Å². The van der Waals surface area contributed by atoms with Gasteiger partial charge in [-0.3, -0.25) is 4.79 Å². The summed E-state index contributed by atoms with van der Waals surface area (Å²) in [7, 11) is 0. The first-order chi connectivity index (χ1) is 19.4. The number of benzene rings is 4. The molecule has 0 radical (unpaired) electrons. The van der Waals surface area contributed by atoms with Gasteiger partial charge in [-0.25, -0.2) is 9.78 Å². The van der Waals surface area contributed by atoms with Crippen LogP contribution in [0.1, 0.15) is 15.9 Å². The molecule has 0 spiro atoms. The number of ether oxygens (including phenoxy) is 3. The summed E-state index contributed by atoms with van der Waals surface area (Å²) >= 11 is 13.0. The number of nitrogens with zero attached hydrogens (tertiary/aromatic N) is 3. The van der Waals surface area contributed by atoms with Crippen LogP contribution in [-0.4, -0.2) is 28.6 Å². The van der Waals surface area contributed by atoms with Crippen LogP contribution in [-0.2, 0) is 0 Å². The van der Waals surface area contributed by atoms with Crippen LogP contribution in [0.3, 0.4) is 0 Å². The van der Waals surface area contributed by atoms with Gasteiger partial charge in [0.1, 0.15) is 0 Å². The molecule has 4 aromatic carbocycles. The van der Waals surface area contributed by atoms with E-state index >= 15 is 0 Å². The molecule has 0 atom stereocenters. The molecule has 0 unspecified atom stereocenters. The lowest BCUT2D eigenvalue weighted by molar-refractivity contribution is 0.0732. The Hall–Kier alpha value is -3.99. The van der Waals surface area contributed by atoms with E-state index in [2.05, 4.69) is 37.0 Å². The van der Waals surface area contributed by atoms with E-state index in [4.69, 9.17) is 30.8 Å². The zero-order valence-corrected chi connectivity index (χ0v) is 24.2. The van der Waals surface area contributed by atoms with E-state index in [-0.39, 0.29) is 23.7 Å². The van der Waals surface area contributed by atoms with Crippen molar-refractivity contribution in [3.05, 3.63) is 114 Å². The number of fused-ring (bicyclic) bond motifs is 2. The predicted octanol–water partition coefficient (Wildman–Crippen LogP) is 7.07. The van der Waals surface area contributed by atoms with Crippen molar-refractivity contribution in [3.63, 3.8) is 0 Å². The smallest absolute Gasteiger partial charge is 0.343 e. The van der Waals surface area contributed by atoms with Crippen LogP contribution in [0.15, 0.2) is 97.7 Å². The fourth-order valence-corrected chi connectivity index (χ4v) is 5.56. The Morgan fingerprint density at radius 3 is 2.60 bits per heavy atom. The first-order valence-electron chi connectivity index (χ1n) is 11.8. The Bertz CT molecular complexity index is 1890. The van der Waals surface area contributed by atoms with Gasteiger partial charge >= 0.3 is 5.97 Å². The molecule has 1 aromatic heterocycles. The second-order valence-corrected chi connectivity index (χ2v) is 10.8.